The molecular formula is C13H7Cl2NO2. The van der Waals surface area contributed by atoms with Crippen LogP contribution in [0.4, 0.5) is 0 Å². The van der Waals surface area contributed by atoms with Crippen molar-refractivity contribution in [3.63, 3.8) is 0 Å². The summed E-state index contributed by atoms with van der Waals surface area (Å²) >= 11 is 11.9. The van der Waals surface area contributed by atoms with Crippen LogP contribution in [0.2, 0.25) is 10.0 Å². The summed E-state index contributed by atoms with van der Waals surface area (Å²) < 4.78 is 0. The highest BCUT2D eigenvalue weighted by atomic mass is 35.5. The van der Waals surface area contributed by atoms with Crippen molar-refractivity contribution in [2.24, 2.45) is 0 Å². The van der Waals surface area contributed by atoms with Crippen LogP contribution in [-0.4, -0.2) is 15.2 Å². The average molecular weight is 280 g/mol. The lowest BCUT2D eigenvalue weighted by atomic mass is 10.1. The van der Waals surface area contributed by atoms with Crippen LogP contribution >= 0.6 is 23.2 Å². The molecule has 0 saturated heterocycles. The van der Waals surface area contributed by atoms with E-state index in [1.165, 1.54) is 6.07 Å². The number of nitrogens with zero attached hydrogens (tertiary/aromatic N) is 1. The molecule has 0 aliphatic carbocycles. The Hall–Kier alpha value is -1.71. The molecule has 90 valence electrons. The fourth-order valence-electron chi connectivity index (χ4n) is 1.90. The second kappa shape index (κ2) is 3.90. The number of pyridine rings is 1. The predicted octanol–water partition coefficient (Wildman–Crippen LogP) is 4.11. The molecule has 18 heavy (non-hydrogen) atoms. The Labute approximate surface area is 112 Å². The number of benzene rings is 2. The van der Waals surface area contributed by atoms with Gasteiger partial charge in [-0.1, -0.05) is 29.3 Å². The molecular weight excluding hydrogens is 273 g/mol. The predicted molar refractivity (Wildman–Crippen MR) is 72.6 cm³/mol. The second-order valence-electron chi connectivity index (χ2n) is 3.95. The van der Waals surface area contributed by atoms with Crippen LogP contribution in [0.25, 0.3) is 21.8 Å². The number of hydrogen-bond acceptors (Lipinski definition) is 3. The van der Waals surface area contributed by atoms with Gasteiger partial charge in [-0.25, -0.2) is 4.98 Å². The van der Waals surface area contributed by atoms with Gasteiger partial charge in [0.2, 0.25) is 0 Å². The van der Waals surface area contributed by atoms with Crippen molar-refractivity contribution in [2.45, 2.75) is 0 Å². The molecule has 2 N–H and O–H groups in total. The number of phenolic OH excluding ortho intramolecular Hbond substituents is 2. The van der Waals surface area contributed by atoms with E-state index in [-0.39, 0.29) is 16.5 Å². The molecule has 3 aromatic rings. The summed E-state index contributed by atoms with van der Waals surface area (Å²) in [6, 6.07) is 8.23. The lowest BCUT2D eigenvalue weighted by Crippen LogP contribution is -1.85. The zero-order valence-corrected chi connectivity index (χ0v) is 10.5. The average Bonchev–Trinajstić information content (AvgIpc) is 2.34. The molecule has 0 unspecified atom stereocenters. The zero-order chi connectivity index (χ0) is 12.9. The molecule has 0 aliphatic rings. The minimum atomic E-state index is -0.261. The van der Waals surface area contributed by atoms with Crippen molar-refractivity contribution in [1.82, 2.24) is 4.98 Å². The molecule has 0 aliphatic heterocycles. The number of fused-ring (bicyclic) bond motifs is 2. The molecule has 0 radical (unpaired) electrons. The van der Waals surface area contributed by atoms with Gasteiger partial charge in [-0.05, 0) is 18.2 Å². The summed E-state index contributed by atoms with van der Waals surface area (Å²) in [6.45, 7) is 0. The quantitative estimate of drug-likeness (QED) is 0.481. The molecule has 0 fully saturated rings. The van der Waals surface area contributed by atoms with E-state index in [0.29, 0.717) is 21.4 Å². The SMILES string of the molecule is Oc1cc(Cl)c2nc3cc(Cl)ccc3cc2c1O. The third kappa shape index (κ3) is 1.64. The topological polar surface area (TPSA) is 53.4 Å². The van der Waals surface area contributed by atoms with Gasteiger partial charge in [-0.3, -0.25) is 0 Å². The van der Waals surface area contributed by atoms with E-state index in [1.807, 2.05) is 0 Å². The number of aromatic hydroxyl groups is 2. The van der Waals surface area contributed by atoms with Gasteiger partial charge in [-0.2, -0.15) is 0 Å². The summed E-state index contributed by atoms with van der Waals surface area (Å²) in [6.07, 6.45) is 0. The first-order valence-corrected chi connectivity index (χ1v) is 5.92. The van der Waals surface area contributed by atoms with E-state index in [9.17, 15) is 10.2 Å². The van der Waals surface area contributed by atoms with Crippen LogP contribution in [0.1, 0.15) is 0 Å². The number of hydrogen-bond donors (Lipinski definition) is 2. The standard InChI is InChI=1S/C13H7Cl2NO2/c14-7-2-1-6-3-8-12(16-10(6)4-7)9(15)5-11(17)13(8)18/h1-5,17-18H. The van der Waals surface area contributed by atoms with Crippen LogP contribution < -0.4 is 0 Å². The van der Waals surface area contributed by atoms with Gasteiger partial charge in [0.1, 0.15) is 0 Å². The highest BCUT2D eigenvalue weighted by molar-refractivity contribution is 6.36. The Morgan fingerprint density at radius 1 is 1.00 bits per heavy atom. The largest absolute Gasteiger partial charge is 0.504 e. The van der Waals surface area contributed by atoms with Crippen LogP contribution in [0.3, 0.4) is 0 Å². The van der Waals surface area contributed by atoms with Crippen LogP contribution in [-0.2, 0) is 0 Å². The third-order valence-corrected chi connectivity index (χ3v) is 3.29. The highest BCUT2D eigenvalue weighted by Gasteiger charge is 2.12. The molecule has 0 saturated carbocycles. The maximum atomic E-state index is 9.82. The normalized spacial score (nSPS) is 11.2. The molecule has 2 aromatic carbocycles. The number of aromatic nitrogens is 1. The van der Waals surface area contributed by atoms with Crippen molar-refractivity contribution >= 4 is 45.0 Å². The molecule has 0 bridgehead atoms. The van der Waals surface area contributed by atoms with E-state index in [4.69, 9.17) is 23.2 Å². The van der Waals surface area contributed by atoms with E-state index < -0.39 is 0 Å². The van der Waals surface area contributed by atoms with Crippen LogP contribution in [0.15, 0.2) is 30.3 Å². The fourth-order valence-corrected chi connectivity index (χ4v) is 2.31. The van der Waals surface area contributed by atoms with Crippen molar-refractivity contribution in [3.8, 4) is 11.5 Å². The molecule has 0 spiro atoms. The first kappa shape index (κ1) is 11.4. The Balaban J connectivity index is 2.52. The summed E-state index contributed by atoms with van der Waals surface area (Å²) in [4.78, 5) is 4.35. The van der Waals surface area contributed by atoms with E-state index in [2.05, 4.69) is 4.98 Å². The Kier molecular flexibility index (Phi) is 2.47. The van der Waals surface area contributed by atoms with Crippen LogP contribution in [0, 0.1) is 0 Å². The van der Waals surface area contributed by atoms with E-state index in [1.54, 1.807) is 24.3 Å². The molecule has 0 atom stereocenters. The van der Waals surface area contributed by atoms with Gasteiger partial charge >= 0.3 is 0 Å². The molecule has 5 heteroatoms. The summed E-state index contributed by atoms with van der Waals surface area (Å²) in [5.41, 5.74) is 1.11. The minimum Gasteiger partial charge on any atom is -0.504 e. The van der Waals surface area contributed by atoms with Gasteiger partial charge in [0.25, 0.3) is 0 Å². The molecule has 3 nitrogen and oxygen atoms in total. The highest BCUT2D eigenvalue weighted by Crippen LogP contribution is 2.38. The fraction of sp³-hybridized carbons (Fsp3) is 0. The van der Waals surface area contributed by atoms with Gasteiger partial charge in [0.05, 0.1) is 16.1 Å². The van der Waals surface area contributed by atoms with Crippen molar-refractivity contribution in [2.75, 3.05) is 0 Å². The molecule has 1 aromatic heterocycles. The van der Waals surface area contributed by atoms with Gasteiger partial charge < -0.3 is 10.2 Å². The van der Waals surface area contributed by atoms with Gasteiger partial charge in [-0.15, -0.1) is 0 Å². The summed E-state index contributed by atoms with van der Waals surface area (Å²) in [7, 11) is 0. The monoisotopic (exact) mass is 279 g/mol. The number of phenols is 2. The van der Waals surface area contributed by atoms with Crippen LogP contribution in [0.5, 0.6) is 11.5 Å². The maximum Gasteiger partial charge on any atom is 0.167 e. The van der Waals surface area contributed by atoms with E-state index in [0.717, 1.165) is 5.39 Å². The van der Waals surface area contributed by atoms with Gasteiger partial charge in [0.15, 0.2) is 11.5 Å². The minimum absolute atomic E-state index is 0.223. The van der Waals surface area contributed by atoms with Crippen molar-refractivity contribution < 1.29 is 10.2 Å². The number of rotatable bonds is 0. The van der Waals surface area contributed by atoms with Crippen molar-refractivity contribution in [3.05, 3.63) is 40.4 Å². The smallest absolute Gasteiger partial charge is 0.167 e. The first-order valence-electron chi connectivity index (χ1n) is 5.17. The summed E-state index contributed by atoms with van der Waals surface area (Å²) in [5.74, 6) is -0.485. The lowest BCUT2D eigenvalue weighted by Gasteiger charge is -2.07. The molecule has 0 amide bonds. The lowest BCUT2D eigenvalue weighted by molar-refractivity contribution is 0.408. The third-order valence-electron chi connectivity index (χ3n) is 2.77. The Bertz CT molecular complexity index is 787. The summed E-state index contributed by atoms with van der Waals surface area (Å²) in [5, 5.41) is 21.4. The van der Waals surface area contributed by atoms with Gasteiger partial charge in [0, 0.05) is 21.9 Å². The number of halogens is 2. The van der Waals surface area contributed by atoms with Crippen molar-refractivity contribution in [1.29, 1.82) is 0 Å². The molecule has 3 rings (SSSR count). The second-order valence-corrected chi connectivity index (χ2v) is 4.79. The molecule has 1 heterocycles. The van der Waals surface area contributed by atoms with E-state index >= 15 is 0 Å². The zero-order valence-electron chi connectivity index (χ0n) is 8.98. The Morgan fingerprint density at radius 3 is 2.56 bits per heavy atom. The first-order chi connectivity index (χ1) is 8.56. The maximum absolute atomic E-state index is 9.82. The Morgan fingerprint density at radius 2 is 1.78 bits per heavy atom.